The molecule has 0 aliphatic carbocycles. The minimum Gasteiger partial charge on any atom is -0.483 e. The van der Waals surface area contributed by atoms with Crippen LogP contribution in [0.25, 0.3) is 0 Å². The van der Waals surface area contributed by atoms with Gasteiger partial charge in [0.2, 0.25) is 5.91 Å². The van der Waals surface area contributed by atoms with Crippen molar-refractivity contribution < 1.29 is 23.1 Å². The molecule has 0 bridgehead atoms. The van der Waals surface area contributed by atoms with Crippen LogP contribution >= 0.6 is 15.9 Å². The second-order valence-corrected chi connectivity index (χ2v) is 7.43. The molecule has 1 heterocycles. The number of halogens is 3. The van der Waals surface area contributed by atoms with Gasteiger partial charge >= 0.3 is 0 Å². The van der Waals surface area contributed by atoms with E-state index in [4.69, 9.17) is 4.74 Å². The fraction of sp³-hybridized carbons (Fsp3) is 0.300. The number of ether oxygens (including phenoxy) is 1. The van der Waals surface area contributed by atoms with E-state index in [2.05, 4.69) is 21.2 Å². The van der Waals surface area contributed by atoms with Crippen LogP contribution in [0.5, 0.6) is 5.75 Å². The number of hydrogen-bond donors (Lipinski definition) is 1. The van der Waals surface area contributed by atoms with Gasteiger partial charge in [-0.25, -0.2) is 8.78 Å². The second kappa shape index (κ2) is 9.80. The predicted molar refractivity (Wildman–Crippen MR) is 108 cm³/mol. The summed E-state index contributed by atoms with van der Waals surface area (Å²) in [5.41, 5.74) is 0.410. The molecule has 2 aromatic carbocycles. The van der Waals surface area contributed by atoms with E-state index in [9.17, 15) is 18.4 Å². The van der Waals surface area contributed by atoms with Crippen LogP contribution in [0.15, 0.2) is 46.9 Å². The molecular formula is C20H20BrF2N3O3. The first-order chi connectivity index (χ1) is 13.9. The molecule has 0 saturated carbocycles. The van der Waals surface area contributed by atoms with Crippen molar-refractivity contribution in [2.75, 3.05) is 44.6 Å². The maximum Gasteiger partial charge on any atom is 0.260 e. The van der Waals surface area contributed by atoms with Gasteiger partial charge in [-0.15, -0.1) is 0 Å². The molecule has 1 fully saturated rings. The monoisotopic (exact) mass is 467 g/mol. The molecule has 0 aromatic heterocycles. The molecule has 2 amide bonds. The number of benzene rings is 2. The van der Waals surface area contributed by atoms with E-state index in [-0.39, 0.29) is 25.0 Å². The van der Waals surface area contributed by atoms with E-state index < -0.39 is 11.6 Å². The Hall–Kier alpha value is -2.52. The summed E-state index contributed by atoms with van der Waals surface area (Å²) in [7, 11) is 0. The van der Waals surface area contributed by atoms with Crippen LogP contribution in [0.2, 0.25) is 0 Å². The summed E-state index contributed by atoms with van der Waals surface area (Å²) in [6.07, 6.45) is 0. The highest BCUT2D eigenvalue weighted by molar-refractivity contribution is 9.10. The number of rotatable bonds is 6. The summed E-state index contributed by atoms with van der Waals surface area (Å²) in [6, 6.07) is 9.71. The van der Waals surface area contributed by atoms with Crippen LogP contribution in [0.3, 0.4) is 0 Å². The molecule has 29 heavy (non-hydrogen) atoms. The van der Waals surface area contributed by atoms with E-state index in [1.165, 1.54) is 36.4 Å². The third kappa shape index (κ3) is 6.23. The van der Waals surface area contributed by atoms with Gasteiger partial charge in [0, 0.05) is 31.9 Å². The van der Waals surface area contributed by atoms with E-state index in [0.717, 1.165) is 0 Å². The number of carbonyl (C=O) groups excluding carboxylic acids is 2. The number of amides is 2. The Balaban J connectivity index is 1.41. The van der Waals surface area contributed by atoms with Gasteiger partial charge in [0.25, 0.3) is 5.91 Å². The summed E-state index contributed by atoms with van der Waals surface area (Å²) >= 11 is 3.20. The molecule has 2 aromatic rings. The lowest BCUT2D eigenvalue weighted by molar-refractivity contribution is -0.135. The zero-order valence-corrected chi connectivity index (χ0v) is 17.1. The Labute approximate surface area is 175 Å². The van der Waals surface area contributed by atoms with Crippen LogP contribution < -0.4 is 10.1 Å². The molecule has 1 N–H and O–H groups in total. The Morgan fingerprint density at radius 1 is 1.03 bits per heavy atom. The zero-order valence-electron chi connectivity index (χ0n) is 15.5. The molecule has 0 unspecified atom stereocenters. The van der Waals surface area contributed by atoms with E-state index in [0.29, 0.717) is 42.1 Å². The number of nitrogens with zero attached hydrogens (tertiary/aromatic N) is 2. The van der Waals surface area contributed by atoms with Crippen molar-refractivity contribution in [3.63, 3.8) is 0 Å². The fourth-order valence-corrected chi connectivity index (χ4v) is 3.41. The molecule has 1 saturated heterocycles. The topological polar surface area (TPSA) is 61.9 Å². The van der Waals surface area contributed by atoms with Crippen LogP contribution in [0, 0.1) is 11.6 Å². The summed E-state index contributed by atoms with van der Waals surface area (Å²) in [4.78, 5) is 28.0. The molecule has 1 aliphatic heterocycles. The highest BCUT2D eigenvalue weighted by atomic mass is 79.9. The van der Waals surface area contributed by atoms with Crippen molar-refractivity contribution in [2.24, 2.45) is 0 Å². The molecular weight excluding hydrogens is 448 g/mol. The van der Waals surface area contributed by atoms with Gasteiger partial charge in [-0.2, -0.15) is 0 Å². The largest absolute Gasteiger partial charge is 0.483 e. The number of nitrogens with one attached hydrogen (secondary N) is 1. The first kappa shape index (κ1) is 21.2. The number of anilines is 1. The summed E-state index contributed by atoms with van der Waals surface area (Å²) in [6.45, 7) is 2.05. The quantitative estimate of drug-likeness (QED) is 0.709. The van der Waals surface area contributed by atoms with Crippen LogP contribution in [0.4, 0.5) is 14.5 Å². The molecule has 3 rings (SSSR count). The SMILES string of the molecule is O=C(CN1CCN(C(=O)COc2ccc(F)cc2Br)CC1)Nc1cccc(F)c1. The lowest BCUT2D eigenvalue weighted by Gasteiger charge is -2.34. The standard InChI is InChI=1S/C20H20BrF2N3O3/c21-17-11-15(23)4-5-18(17)29-13-20(28)26-8-6-25(7-9-26)12-19(27)24-16-3-1-2-14(22)10-16/h1-5,10-11H,6-9,12-13H2,(H,24,27). The molecule has 9 heteroatoms. The van der Waals surface area contributed by atoms with E-state index in [1.54, 1.807) is 11.0 Å². The average molecular weight is 468 g/mol. The Morgan fingerprint density at radius 2 is 1.76 bits per heavy atom. The van der Waals surface area contributed by atoms with E-state index in [1.807, 2.05) is 4.90 Å². The van der Waals surface area contributed by atoms with Gasteiger partial charge in [-0.3, -0.25) is 14.5 Å². The Bertz CT molecular complexity index is 889. The molecule has 6 nitrogen and oxygen atoms in total. The van der Waals surface area contributed by atoms with Crippen LogP contribution in [-0.2, 0) is 9.59 Å². The molecule has 0 radical (unpaired) electrons. The lowest BCUT2D eigenvalue weighted by atomic mass is 10.3. The minimum absolute atomic E-state index is 0.149. The number of hydrogen-bond acceptors (Lipinski definition) is 4. The highest BCUT2D eigenvalue weighted by Crippen LogP contribution is 2.25. The lowest BCUT2D eigenvalue weighted by Crippen LogP contribution is -2.51. The maximum atomic E-state index is 13.2. The third-order valence-corrected chi connectivity index (χ3v) is 5.07. The maximum absolute atomic E-state index is 13.2. The van der Waals surface area contributed by atoms with Crippen molar-refractivity contribution >= 4 is 33.4 Å². The van der Waals surface area contributed by atoms with Gasteiger partial charge in [-0.05, 0) is 52.3 Å². The summed E-state index contributed by atoms with van der Waals surface area (Å²) in [5, 5.41) is 2.66. The molecule has 154 valence electrons. The van der Waals surface area contributed by atoms with Crippen molar-refractivity contribution in [2.45, 2.75) is 0 Å². The van der Waals surface area contributed by atoms with Crippen LogP contribution in [0.1, 0.15) is 0 Å². The molecule has 0 spiro atoms. The van der Waals surface area contributed by atoms with Crippen molar-refractivity contribution in [3.8, 4) is 5.75 Å². The van der Waals surface area contributed by atoms with Crippen molar-refractivity contribution in [3.05, 3.63) is 58.6 Å². The van der Waals surface area contributed by atoms with E-state index >= 15 is 0 Å². The average Bonchev–Trinajstić information content (AvgIpc) is 2.67. The second-order valence-electron chi connectivity index (χ2n) is 6.58. The predicted octanol–water partition coefficient (Wildman–Crippen LogP) is 2.89. The van der Waals surface area contributed by atoms with Gasteiger partial charge in [0.15, 0.2) is 6.61 Å². The Morgan fingerprint density at radius 3 is 2.45 bits per heavy atom. The van der Waals surface area contributed by atoms with Gasteiger partial charge in [0.1, 0.15) is 17.4 Å². The van der Waals surface area contributed by atoms with Crippen LogP contribution in [-0.4, -0.2) is 60.9 Å². The Kier molecular flexibility index (Phi) is 7.16. The first-order valence-electron chi connectivity index (χ1n) is 9.04. The molecule has 0 atom stereocenters. The smallest absolute Gasteiger partial charge is 0.260 e. The first-order valence-corrected chi connectivity index (χ1v) is 9.83. The van der Waals surface area contributed by atoms with Gasteiger partial charge < -0.3 is 15.0 Å². The summed E-state index contributed by atoms with van der Waals surface area (Å²) in [5.74, 6) is -0.824. The highest BCUT2D eigenvalue weighted by Gasteiger charge is 2.23. The summed E-state index contributed by atoms with van der Waals surface area (Å²) < 4.78 is 32.2. The van der Waals surface area contributed by atoms with Gasteiger partial charge in [0.05, 0.1) is 11.0 Å². The normalized spacial score (nSPS) is 14.5. The van der Waals surface area contributed by atoms with Crippen molar-refractivity contribution in [1.82, 2.24) is 9.80 Å². The van der Waals surface area contributed by atoms with Crippen molar-refractivity contribution in [1.29, 1.82) is 0 Å². The van der Waals surface area contributed by atoms with Gasteiger partial charge in [-0.1, -0.05) is 6.07 Å². The minimum atomic E-state index is -0.412. The molecule has 1 aliphatic rings. The zero-order chi connectivity index (χ0) is 20.8. The number of piperazine rings is 1. The fourth-order valence-electron chi connectivity index (χ4n) is 2.95. The third-order valence-electron chi connectivity index (χ3n) is 4.45. The number of carbonyl (C=O) groups is 2.